The number of aryl methyl sites for hydroxylation is 1. The second kappa shape index (κ2) is 6.64. The van der Waals surface area contributed by atoms with Crippen LogP contribution in [0.15, 0.2) is 54.2 Å². The van der Waals surface area contributed by atoms with Crippen LogP contribution in [0.4, 0.5) is 5.69 Å². The monoisotopic (exact) mass is 368 g/mol. The molecule has 0 saturated heterocycles. The molecule has 4 aromatic rings. The quantitative estimate of drug-likeness (QED) is 0.580. The van der Waals surface area contributed by atoms with E-state index in [4.69, 9.17) is 4.99 Å². The van der Waals surface area contributed by atoms with Crippen LogP contribution in [-0.4, -0.2) is 30.9 Å². The average molecular weight is 368 g/mol. The zero-order valence-electron chi connectivity index (χ0n) is 15.8. The van der Waals surface area contributed by atoms with Crippen LogP contribution >= 0.6 is 0 Å². The second-order valence-electron chi connectivity index (χ2n) is 7.20. The molecule has 0 saturated carbocycles. The molecule has 0 radical (unpaired) electrons. The Bertz CT molecular complexity index is 1210. The third-order valence-corrected chi connectivity index (χ3v) is 5.49. The SMILES string of the molecule is CCC1Cc2ccncc2N=C1c1[nH]nc2ncc(-c3cnccc3C)cc12. The molecule has 1 aliphatic rings. The molecule has 1 unspecified atom stereocenters. The molecular formula is C22H20N6. The van der Waals surface area contributed by atoms with Gasteiger partial charge in [-0.25, -0.2) is 9.98 Å². The molecule has 1 atom stereocenters. The van der Waals surface area contributed by atoms with Gasteiger partial charge in [-0.3, -0.25) is 15.1 Å². The number of aromatic amines is 1. The first-order chi connectivity index (χ1) is 13.7. The van der Waals surface area contributed by atoms with Gasteiger partial charge in [-0.15, -0.1) is 0 Å². The first-order valence-electron chi connectivity index (χ1n) is 9.51. The van der Waals surface area contributed by atoms with Crippen molar-refractivity contribution < 1.29 is 0 Å². The van der Waals surface area contributed by atoms with Gasteiger partial charge < -0.3 is 0 Å². The molecule has 0 aliphatic carbocycles. The molecule has 5 heterocycles. The molecule has 1 aliphatic heterocycles. The zero-order valence-corrected chi connectivity index (χ0v) is 15.8. The fourth-order valence-corrected chi connectivity index (χ4v) is 3.88. The number of aliphatic imine (C=N–C) groups is 1. The summed E-state index contributed by atoms with van der Waals surface area (Å²) in [5, 5.41) is 8.61. The van der Waals surface area contributed by atoms with E-state index in [9.17, 15) is 0 Å². The lowest BCUT2D eigenvalue weighted by molar-refractivity contribution is 0.652. The van der Waals surface area contributed by atoms with Crippen molar-refractivity contribution in [3.63, 3.8) is 0 Å². The molecule has 0 amide bonds. The molecule has 0 fully saturated rings. The van der Waals surface area contributed by atoms with E-state index in [1.165, 1.54) is 11.1 Å². The fourth-order valence-electron chi connectivity index (χ4n) is 3.88. The van der Waals surface area contributed by atoms with Crippen molar-refractivity contribution in [3.8, 4) is 11.1 Å². The number of hydrogen-bond donors (Lipinski definition) is 1. The van der Waals surface area contributed by atoms with Gasteiger partial charge in [0, 0.05) is 47.2 Å². The smallest absolute Gasteiger partial charge is 0.181 e. The molecule has 5 rings (SSSR count). The third-order valence-electron chi connectivity index (χ3n) is 5.49. The first-order valence-corrected chi connectivity index (χ1v) is 9.51. The van der Waals surface area contributed by atoms with Crippen molar-refractivity contribution >= 4 is 22.4 Å². The average Bonchev–Trinajstić information content (AvgIpc) is 3.16. The standard InChI is InChI=1S/C22H20N6/c1-3-14-8-15-5-7-24-12-19(15)26-20(14)21-17-9-16(10-25-22(17)28-27-21)18-11-23-6-4-13(18)2/h4-7,9-12,14H,3,8H2,1-2H3,(H,25,27,28). The predicted octanol–water partition coefficient (Wildman–Crippen LogP) is 4.43. The Balaban J connectivity index is 1.68. The Kier molecular flexibility index (Phi) is 3.97. The number of nitrogens with one attached hydrogen (secondary N) is 1. The van der Waals surface area contributed by atoms with Crippen molar-refractivity contribution in [2.45, 2.75) is 26.7 Å². The largest absolute Gasteiger partial charge is 0.274 e. The van der Waals surface area contributed by atoms with Gasteiger partial charge in [-0.05, 0) is 49.1 Å². The maximum Gasteiger partial charge on any atom is 0.181 e. The molecule has 4 aromatic heterocycles. The number of H-pyrrole nitrogens is 1. The number of aromatic nitrogens is 5. The zero-order chi connectivity index (χ0) is 19.1. The summed E-state index contributed by atoms with van der Waals surface area (Å²) in [6, 6.07) is 6.21. The minimum Gasteiger partial charge on any atom is -0.274 e. The van der Waals surface area contributed by atoms with Crippen molar-refractivity contribution in [2.75, 3.05) is 0 Å². The van der Waals surface area contributed by atoms with E-state index in [-0.39, 0.29) is 0 Å². The highest BCUT2D eigenvalue weighted by Gasteiger charge is 2.26. The van der Waals surface area contributed by atoms with Gasteiger partial charge in [-0.1, -0.05) is 6.92 Å². The summed E-state index contributed by atoms with van der Waals surface area (Å²) >= 11 is 0. The normalized spacial score (nSPS) is 16.1. The lowest BCUT2D eigenvalue weighted by atomic mass is 9.87. The summed E-state index contributed by atoms with van der Waals surface area (Å²) in [5.74, 6) is 0.335. The fraction of sp³-hybridized carbons (Fsp3) is 0.227. The summed E-state index contributed by atoms with van der Waals surface area (Å²) in [5.41, 5.74) is 8.16. The van der Waals surface area contributed by atoms with Gasteiger partial charge in [0.15, 0.2) is 5.65 Å². The Morgan fingerprint density at radius 3 is 2.82 bits per heavy atom. The third kappa shape index (κ3) is 2.69. The predicted molar refractivity (Wildman–Crippen MR) is 110 cm³/mol. The van der Waals surface area contributed by atoms with Gasteiger partial charge in [0.25, 0.3) is 0 Å². The van der Waals surface area contributed by atoms with E-state index in [2.05, 4.69) is 51.1 Å². The number of pyridine rings is 3. The molecule has 1 N–H and O–H groups in total. The van der Waals surface area contributed by atoms with Crippen LogP contribution in [0.3, 0.4) is 0 Å². The first kappa shape index (κ1) is 16.7. The number of hydrogen-bond acceptors (Lipinski definition) is 5. The topological polar surface area (TPSA) is 79.7 Å². The van der Waals surface area contributed by atoms with E-state index < -0.39 is 0 Å². The van der Waals surface area contributed by atoms with Crippen molar-refractivity contribution in [1.82, 2.24) is 25.1 Å². The number of rotatable bonds is 3. The Morgan fingerprint density at radius 2 is 1.96 bits per heavy atom. The van der Waals surface area contributed by atoms with Crippen LogP contribution in [0.1, 0.15) is 30.2 Å². The number of nitrogens with zero attached hydrogens (tertiary/aromatic N) is 5. The molecule has 0 bridgehead atoms. The summed E-state index contributed by atoms with van der Waals surface area (Å²) in [7, 11) is 0. The van der Waals surface area contributed by atoms with E-state index in [1.807, 2.05) is 37.1 Å². The highest BCUT2D eigenvalue weighted by Crippen LogP contribution is 2.33. The van der Waals surface area contributed by atoms with Crippen molar-refractivity contribution in [2.24, 2.45) is 10.9 Å². The summed E-state index contributed by atoms with van der Waals surface area (Å²) < 4.78 is 0. The van der Waals surface area contributed by atoms with Crippen LogP contribution in [0, 0.1) is 12.8 Å². The van der Waals surface area contributed by atoms with Crippen molar-refractivity contribution in [3.05, 3.63) is 66.0 Å². The maximum atomic E-state index is 4.95. The summed E-state index contributed by atoms with van der Waals surface area (Å²) in [4.78, 5) is 18.0. The summed E-state index contributed by atoms with van der Waals surface area (Å²) in [6.07, 6.45) is 11.2. The summed E-state index contributed by atoms with van der Waals surface area (Å²) in [6.45, 7) is 4.29. The van der Waals surface area contributed by atoms with E-state index in [0.717, 1.165) is 46.4 Å². The van der Waals surface area contributed by atoms with Gasteiger partial charge in [0.2, 0.25) is 0 Å². The second-order valence-corrected chi connectivity index (χ2v) is 7.20. The van der Waals surface area contributed by atoms with E-state index >= 15 is 0 Å². The minimum absolute atomic E-state index is 0.335. The van der Waals surface area contributed by atoms with Crippen LogP contribution in [0.25, 0.3) is 22.2 Å². The lowest BCUT2D eigenvalue weighted by Gasteiger charge is -2.23. The molecule has 28 heavy (non-hydrogen) atoms. The minimum atomic E-state index is 0.335. The molecule has 6 nitrogen and oxygen atoms in total. The van der Waals surface area contributed by atoms with Crippen LogP contribution < -0.4 is 0 Å². The molecule has 6 heteroatoms. The highest BCUT2D eigenvalue weighted by atomic mass is 15.2. The van der Waals surface area contributed by atoms with Crippen molar-refractivity contribution in [1.29, 1.82) is 0 Å². The molecular weight excluding hydrogens is 348 g/mol. The lowest BCUT2D eigenvalue weighted by Crippen LogP contribution is -2.21. The van der Waals surface area contributed by atoms with E-state index in [0.29, 0.717) is 11.6 Å². The highest BCUT2D eigenvalue weighted by molar-refractivity contribution is 6.11. The Hall–Kier alpha value is -3.41. The van der Waals surface area contributed by atoms with Crippen LogP contribution in [-0.2, 0) is 6.42 Å². The molecule has 0 aromatic carbocycles. The van der Waals surface area contributed by atoms with Gasteiger partial charge in [-0.2, -0.15) is 5.10 Å². The number of fused-ring (bicyclic) bond motifs is 2. The van der Waals surface area contributed by atoms with Gasteiger partial charge in [0.1, 0.15) is 0 Å². The Morgan fingerprint density at radius 1 is 1.11 bits per heavy atom. The van der Waals surface area contributed by atoms with E-state index in [1.54, 1.807) is 0 Å². The van der Waals surface area contributed by atoms with Crippen LogP contribution in [0.5, 0.6) is 0 Å². The van der Waals surface area contributed by atoms with Gasteiger partial charge >= 0.3 is 0 Å². The Labute approximate surface area is 162 Å². The maximum absolute atomic E-state index is 4.95. The molecule has 138 valence electrons. The molecule has 0 spiro atoms. The van der Waals surface area contributed by atoms with Crippen LogP contribution in [0.2, 0.25) is 0 Å². The van der Waals surface area contributed by atoms with Gasteiger partial charge in [0.05, 0.1) is 23.3 Å².